The van der Waals surface area contributed by atoms with Crippen LogP contribution in [0.2, 0.25) is 0 Å². The van der Waals surface area contributed by atoms with Crippen molar-refractivity contribution in [2.75, 3.05) is 20.2 Å². The number of methoxy groups -OCH3 is 1. The molecule has 1 saturated carbocycles. The molecule has 0 spiro atoms. The van der Waals surface area contributed by atoms with Crippen LogP contribution in [0.5, 0.6) is 11.5 Å². The minimum atomic E-state index is -1.05. The van der Waals surface area contributed by atoms with Gasteiger partial charge in [0.15, 0.2) is 5.75 Å². The number of carbonyl (C=O) groups is 2. The van der Waals surface area contributed by atoms with Gasteiger partial charge >= 0.3 is 11.9 Å². The molecule has 1 aliphatic heterocycles. The lowest BCUT2D eigenvalue weighted by Crippen LogP contribution is -2.32. The highest BCUT2D eigenvalue weighted by atomic mass is 79.9. The second-order valence-corrected chi connectivity index (χ2v) is 9.97. The maximum absolute atomic E-state index is 12.2. The van der Waals surface area contributed by atoms with Crippen molar-refractivity contribution < 1.29 is 23.9 Å². The Morgan fingerprint density at radius 2 is 1.88 bits per heavy atom. The Balaban J connectivity index is 1.74. The molecular weight excluding hydrogens is 544 g/mol. The number of nitrogens with zero attached hydrogens (tertiary/aromatic N) is 2. The number of ether oxygens (including phenoxy) is 2. The van der Waals surface area contributed by atoms with Crippen LogP contribution < -0.4 is 14.3 Å². The third kappa shape index (κ3) is 4.75. The van der Waals surface area contributed by atoms with Gasteiger partial charge in [-0.05, 0) is 53.4 Å². The van der Waals surface area contributed by atoms with Crippen LogP contribution in [0.15, 0.2) is 27.1 Å². The number of aromatic nitrogens is 1. The van der Waals surface area contributed by atoms with E-state index in [1.54, 1.807) is 13.2 Å². The Kier molecular flexibility index (Phi) is 7.27. The van der Waals surface area contributed by atoms with Gasteiger partial charge in [-0.2, -0.15) is 4.73 Å². The molecule has 1 aromatic carbocycles. The molecule has 0 unspecified atom stereocenters. The van der Waals surface area contributed by atoms with Crippen molar-refractivity contribution in [3.8, 4) is 22.8 Å². The van der Waals surface area contributed by atoms with Gasteiger partial charge in [-0.25, -0.2) is 9.59 Å². The predicted molar refractivity (Wildman–Crippen MR) is 127 cm³/mol. The third-order valence-corrected chi connectivity index (χ3v) is 7.16. The first-order valence-corrected chi connectivity index (χ1v) is 12.4. The van der Waals surface area contributed by atoms with E-state index in [4.69, 9.17) is 14.3 Å². The van der Waals surface area contributed by atoms with Gasteiger partial charge in [0.2, 0.25) is 0 Å². The molecule has 32 heavy (non-hydrogen) atoms. The van der Waals surface area contributed by atoms with Crippen molar-refractivity contribution in [3.05, 3.63) is 32.8 Å². The topological polar surface area (TPSA) is 70.0 Å². The Morgan fingerprint density at radius 1 is 1.12 bits per heavy atom. The molecule has 0 saturated heterocycles. The maximum atomic E-state index is 12.2. The van der Waals surface area contributed by atoms with Crippen molar-refractivity contribution in [2.24, 2.45) is 5.92 Å². The number of rotatable bonds is 7. The van der Waals surface area contributed by atoms with Crippen molar-refractivity contribution in [2.45, 2.75) is 45.6 Å². The highest BCUT2D eigenvalue weighted by molar-refractivity contribution is 9.11. The first kappa shape index (κ1) is 23.3. The van der Waals surface area contributed by atoms with Crippen molar-refractivity contribution >= 4 is 43.8 Å². The number of fused-ring (bicyclic) bond motifs is 2. The zero-order valence-corrected chi connectivity index (χ0v) is 21.3. The van der Waals surface area contributed by atoms with E-state index in [0.29, 0.717) is 40.9 Å². The summed E-state index contributed by atoms with van der Waals surface area (Å²) < 4.78 is 14.0. The molecule has 1 fully saturated rings. The summed E-state index contributed by atoms with van der Waals surface area (Å²) in [7, 11) is 1.58. The van der Waals surface area contributed by atoms with Gasteiger partial charge in [0.25, 0.3) is 0 Å². The lowest BCUT2D eigenvalue weighted by atomic mass is 9.89. The van der Waals surface area contributed by atoms with Gasteiger partial charge in [0.05, 0.1) is 17.3 Å². The molecule has 0 atom stereocenters. The van der Waals surface area contributed by atoms with Crippen molar-refractivity contribution in [3.63, 3.8) is 0 Å². The van der Waals surface area contributed by atoms with Crippen molar-refractivity contribution in [1.29, 1.82) is 0 Å². The van der Waals surface area contributed by atoms with Crippen LogP contribution in [0.25, 0.3) is 11.3 Å². The monoisotopic (exact) mass is 568 g/mol. The smallest absolute Gasteiger partial charge is 0.442 e. The summed E-state index contributed by atoms with van der Waals surface area (Å²) in [5.74, 6) is -0.496. The van der Waals surface area contributed by atoms with Gasteiger partial charge in [-0.1, -0.05) is 42.1 Å². The fourth-order valence-corrected chi connectivity index (χ4v) is 5.89. The SMILES string of the molecule is CCN(Cc1c2cc(-c3cc(Br)cc(Br)c3OC)n1OC(=O)C(=O)O2)CC1CCCCC1. The molecule has 9 heteroatoms. The number of hydrogen-bond acceptors (Lipinski definition) is 6. The van der Waals surface area contributed by atoms with Crippen LogP contribution in [0.3, 0.4) is 0 Å². The van der Waals surface area contributed by atoms with Crippen LogP contribution in [-0.2, 0) is 16.1 Å². The molecule has 0 N–H and O–H groups in total. The summed E-state index contributed by atoms with van der Waals surface area (Å²) in [6.45, 7) is 4.41. The number of esters is 1. The standard InChI is InChI=1S/C23H26Br2N2O5/c1-3-26(12-14-7-5-4-6-8-14)13-19-20-11-18(27(19)32-23(29)22(28)31-20)16-9-15(24)10-17(25)21(16)30-2/h9-11,14H,3-8,12-13H2,1-2H3. The normalized spacial score (nSPS) is 16.7. The molecule has 2 aromatic rings. The van der Waals surface area contributed by atoms with E-state index in [2.05, 4.69) is 43.7 Å². The van der Waals surface area contributed by atoms with Crippen LogP contribution in [0, 0.1) is 5.92 Å². The van der Waals surface area contributed by atoms with E-state index < -0.39 is 11.9 Å². The summed E-state index contributed by atoms with van der Waals surface area (Å²) in [6, 6.07) is 5.48. The number of carbonyl (C=O) groups excluding carboxylic acids is 2. The minimum Gasteiger partial charge on any atom is -0.495 e. The van der Waals surface area contributed by atoms with Crippen LogP contribution in [-0.4, -0.2) is 41.8 Å². The van der Waals surface area contributed by atoms with Gasteiger partial charge < -0.3 is 14.3 Å². The molecule has 1 aromatic heterocycles. The average Bonchev–Trinajstić information content (AvgIpc) is 3.03. The first-order valence-electron chi connectivity index (χ1n) is 10.9. The number of halogens is 2. The number of hydrogen-bond donors (Lipinski definition) is 0. The maximum Gasteiger partial charge on any atom is 0.442 e. The quantitative estimate of drug-likeness (QED) is 0.346. The fraction of sp³-hybridized carbons (Fsp3) is 0.478. The minimum absolute atomic E-state index is 0.330. The highest BCUT2D eigenvalue weighted by Gasteiger charge is 2.33. The Bertz CT molecular complexity index is 1030. The van der Waals surface area contributed by atoms with Crippen LogP contribution in [0.1, 0.15) is 44.7 Å². The molecule has 7 nitrogen and oxygen atoms in total. The van der Waals surface area contributed by atoms with E-state index in [0.717, 1.165) is 22.0 Å². The predicted octanol–water partition coefficient (Wildman–Crippen LogP) is 4.97. The highest BCUT2D eigenvalue weighted by Crippen LogP contribution is 2.42. The van der Waals surface area contributed by atoms with E-state index >= 15 is 0 Å². The van der Waals surface area contributed by atoms with E-state index in [-0.39, 0.29) is 0 Å². The molecule has 2 bridgehead atoms. The van der Waals surface area contributed by atoms with Gasteiger partial charge in [0.1, 0.15) is 11.4 Å². The summed E-state index contributed by atoms with van der Waals surface area (Å²) in [6.07, 6.45) is 6.35. The van der Waals surface area contributed by atoms with E-state index in [1.807, 2.05) is 12.1 Å². The average molecular weight is 570 g/mol. The first-order chi connectivity index (χ1) is 15.4. The lowest BCUT2D eigenvalue weighted by Gasteiger charge is -2.29. The Morgan fingerprint density at radius 3 is 2.56 bits per heavy atom. The molecule has 172 valence electrons. The molecule has 4 rings (SSSR count). The molecular formula is C23H26Br2N2O5. The summed E-state index contributed by atoms with van der Waals surface area (Å²) in [4.78, 5) is 32.1. The summed E-state index contributed by atoms with van der Waals surface area (Å²) in [5.41, 5.74) is 1.90. The lowest BCUT2D eigenvalue weighted by molar-refractivity contribution is -0.161. The molecule has 2 aliphatic rings. The Labute approximate surface area is 204 Å². The fourth-order valence-electron chi connectivity index (χ4n) is 4.51. The molecule has 0 radical (unpaired) electrons. The Hall–Kier alpha value is -1.84. The van der Waals surface area contributed by atoms with Crippen LogP contribution >= 0.6 is 31.9 Å². The van der Waals surface area contributed by atoms with Crippen molar-refractivity contribution in [1.82, 2.24) is 9.63 Å². The molecule has 0 amide bonds. The molecule has 2 heterocycles. The van der Waals surface area contributed by atoms with E-state index in [9.17, 15) is 9.59 Å². The number of benzene rings is 1. The second kappa shape index (κ2) is 9.97. The largest absolute Gasteiger partial charge is 0.495 e. The zero-order valence-electron chi connectivity index (χ0n) is 18.2. The summed E-state index contributed by atoms with van der Waals surface area (Å²) >= 11 is 7.03. The van der Waals surface area contributed by atoms with Gasteiger partial charge in [0, 0.05) is 29.2 Å². The van der Waals surface area contributed by atoms with Gasteiger partial charge in [-0.3, -0.25) is 4.90 Å². The summed E-state index contributed by atoms with van der Waals surface area (Å²) in [5, 5.41) is 0. The van der Waals surface area contributed by atoms with Gasteiger partial charge in [-0.15, -0.1) is 0 Å². The van der Waals surface area contributed by atoms with E-state index in [1.165, 1.54) is 36.8 Å². The second-order valence-electron chi connectivity index (χ2n) is 8.20. The van der Waals surface area contributed by atoms with Crippen LogP contribution in [0.4, 0.5) is 0 Å². The zero-order chi connectivity index (χ0) is 22.8. The third-order valence-electron chi connectivity index (χ3n) is 6.11. The molecule has 1 aliphatic carbocycles.